The number of carboxylic acid groups (broad SMARTS) is 1. The van der Waals surface area contributed by atoms with Gasteiger partial charge in [-0.15, -0.1) is 0 Å². The van der Waals surface area contributed by atoms with Crippen LogP contribution in [0.2, 0.25) is 0 Å². The largest absolute Gasteiger partial charge is 0.508 e. The van der Waals surface area contributed by atoms with Crippen LogP contribution in [0.5, 0.6) is 5.75 Å². The van der Waals surface area contributed by atoms with Crippen LogP contribution in [-0.2, 0) is 6.54 Å². The number of anilines is 1. The van der Waals surface area contributed by atoms with Crippen LogP contribution in [0.15, 0.2) is 42.7 Å². The summed E-state index contributed by atoms with van der Waals surface area (Å²) in [4.78, 5) is 17.3. The zero-order chi connectivity index (χ0) is 15.7. The van der Waals surface area contributed by atoms with Crippen LogP contribution in [0.1, 0.15) is 15.9 Å². The Morgan fingerprint density at radius 2 is 2.09 bits per heavy atom. The van der Waals surface area contributed by atoms with Gasteiger partial charge in [-0.05, 0) is 12.1 Å². The standard InChI is InChI=1S/C15H14N4O3/c1-18(9-10-4-2-3-5-12(10)20)13-6-7-19-14(17-13)11(8-16-19)15(21)22/h2-8,20H,9H2,1H3,(H,21,22). The first-order valence-corrected chi connectivity index (χ1v) is 6.62. The van der Waals surface area contributed by atoms with Gasteiger partial charge in [0.15, 0.2) is 5.65 Å². The van der Waals surface area contributed by atoms with Crippen molar-refractivity contribution in [2.24, 2.45) is 0 Å². The van der Waals surface area contributed by atoms with Gasteiger partial charge in [-0.2, -0.15) is 5.10 Å². The van der Waals surface area contributed by atoms with Gasteiger partial charge in [0, 0.05) is 25.4 Å². The average Bonchev–Trinajstić information content (AvgIpc) is 2.92. The van der Waals surface area contributed by atoms with Gasteiger partial charge in [-0.1, -0.05) is 18.2 Å². The summed E-state index contributed by atoms with van der Waals surface area (Å²) in [5.74, 6) is -0.257. The Labute approximate surface area is 126 Å². The Morgan fingerprint density at radius 3 is 2.82 bits per heavy atom. The van der Waals surface area contributed by atoms with Crippen molar-refractivity contribution in [2.75, 3.05) is 11.9 Å². The van der Waals surface area contributed by atoms with E-state index in [1.807, 2.05) is 24.1 Å². The van der Waals surface area contributed by atoms with E-state index in [9.17, 15) is 9.90 Å². The summed E-state index contributed by atoms with van der Waals surface area (Å²) in [5.41, 5.74) is 1.10. The molecule has 1 aromatic carbocycles. The number of aromatic hydroxyl groups is 1. The number of phenols is 1. The van der Waals surface area contributed by atoms with Crippen LogP contribution in [0.3, 0.4) is 0 Å². The minimum absolute atomic E-state index is 0.0535. The second kappa shape index (κ2) is 5.36. The van der Waals surface area contributed by atoms with Crippen molar-refractivity contribution in [3.63, 3.8) is 0 Å². The molecule has 0 bridgehead atoms. The lowest BCUT2D eigenvalue weighted by atomic mass is 10.2. The van der Waals surface area contributed by atoms with E-state index in [1.165, 1.54) is 10.7 Å². The highest BCUT2D eigenvalue weighted by Crippen LogP contribution is 2.21. The molecule has 0 spiro atoms. The summed E-state index contributed by atoms with van der Waals surface area (Å²) in [7, 11) is 1.82. The zero-order valence-electron chi connectivity index (χ0n) is 11.8. The minimum Gasteiger partial charge on any atom is -0.508 e. The molecule has 0 saturated carbocycles. The van der Waals surface area contributed by atoms with Crippen molar-refractivity contribution >= 4 is 17.4 Å². The minimum atomic E-state index is -1.07. The van der Waals surface area contributed by atoms with Crippen molar-refractivity contribution in [2.45, 2.75) is 6.54 Å². The lowest BCUT2D eigenvalue weighted by Crippen LogP contribution is -2.18. The molecule has 0 saturated heterocycles. The van der Waals surface area contributed by atoms with Gasteiger partial charge in [0.25, 0.3) is 0 Å². The van der Waals surface area contributed by atoms with Crippen LogP contribution < -0.4 is 4.90 Å². The molecule has 0 atom stereocenters. The number of hydrogen-bond donors (Lipinski definition) is 2. The fourth-order valence-electron chi connectivity index (χ4n) is 2.20. The third kappa shape index (κ3) is 2.44. The number of aromatic carboxylic acids is 1. The summed E-state index contributed by atoms with van der Waals surface area (Å²) >= 11 is 0. The molecule has 2 N–H and O–H groups in total. The predicted octanol–water partition coefficient (Wildman–Crippen LogP) is 1.77. The van der Waals surface area contributed by atoms with E-state index in [-0.39, 0.29) is 17.0 Å². The summed E-state index contributed by atoms with van der Waals surface area (Å²) in [5, 5.41) is 22.9. The van der Waals surface area contributed by atoms with Crippen molar-refractivity contribution in [1.82, 2.24) is 14.6 Å². The average molecular weight is 298 g/mol. The molecule has 0 aliphatic heterocycles. The number of carbonyl (C=O) groups is 1. The number of para-hydroxylation sites is 1. The van der Waals surface area contributed by atoms with E-state index >= 15 is 0 Å². The van der Waals surface area contributed by atoms with Crippen molar-refractivity contribution in [3.8, 4) is 5.75 Å². The fraction of sp³-hybridized carbons (Fsp3) is 0.133. The van der Waals surface area contributed by atoms with E-state index in [4.69, 9.17) is 5.11 Å². The molecule has 7 heteroatoms. The molecular formula is C15H14N4O3. The Balaban J connectivity index is 1.94. The smallest absolute Gasteiger partial charge is 0.341 e. The zero-order valence-corrected chi connectivity index (χ0v) is 11.8. The van der Waals surface area contributed by atoms with Crippen molar-refractivity contribution in [1.29, 1.82) is 0 Å². The quantitative estimate of drug-likeness (QED) is 0.763. The van der Waals surface area contributed by atoms with Gasteiger partial charge < -0.3 is 15.1 Å². The molecule has 112 valence electrons. The first kappa shape index (κ1) is 13.9. The monoisotopic (exact) mass is 298 g/mol. The topological polar surface area (TPSA) is 91.0 Å². The van der Waals surface area contributed by atoms with Crippen LogP contribution in [0.25, 0.3) is 5.65 Å². The van der Waals surface area contributed by atoms with Crippen molar-refractivity contribution < 1.29 is 15.0 Å². The molecule has 0 amide bonds. The number of hydrogen-bond acceptors (Lipinski definition) is 5. The van der Waals surface area contributed by atoms with Crippen LogP contribution in [-0.4, -0.2) is 37.8 Å². The predicted molar refractivity (Wildman–Crippen MR) is 80.2 cm³/mol. The normalized spacial score (nSPS) is 10.8. The van der Waals surface area contributed by atoms with Gasteiger partial charge in [0.2, 0.25) is 0 Å². The molecule has 22 heavy (non-hydrogen) atoms. The molecule has 3 rings (SSSR count). The first-order chi connectivity index (χ1) is 10.6. The summed E-state index contributed by atoms with van der Waals surface area (Å²) in [6.45, 7) is 0.451. The second-order valence-electron chi connectivity index (χ2n) is 4.90. The second-order valence-corrected chi connectivity index (χ2v) is 4.90. The maximum atomic E-state index is 11.2. The number of rotatable bonds is 4. The molecular weight excluding hydrogens is 284 g/mol. The Kier molecular flexibility index (Phi) is 3.38. The summed E-state index contributed by atoms with van der Waals surface area (Å²) < 4.78 is 1.42. The van der Waals surface area contributed by atoms with Gasteiger partial charge in [0.05, 0.1) is 6.20 Å². The van der Waals surface area contributed by atoms with Gasteiger partial charge in [-0.25, -0.2) is 14.3 Å². The van der Waals surface area contributed by atoms with Gasteiger partial charge >= 0.3 is 5.97 Å². The maximum Gasteiger partial charge on any atom is 0.341 e. The number of benzene rings is 1. The third-order valence-electron chi connectivity index (χ3n) is 3.38. The maximum absolute atomic E-state index is 11.2. The van der Waals surface area contributed by atoms with E-state index in [2.05, 4.69) is 10.1 Å². The molecule has 3 aromatic rings. The molecule has 0 aliphatic rings. The molecule has 2 heterocycles. The van der Waals surface area contributed by atoms with E-state index in [0.717, 1.165) is 5.56 Å². The number of aromatic nitrogens is 3. The third-order valence-corrected chi connectivity index (χ3v) is 3.38. The van der Waals surface area contributed by atoms with E-state index in [0.29, 0.717) is 12.4 Å². The number of nitrogens with zero attached hydrogens (tertiary/aromatic N) is 4. The fourth-order valence-corrected chi connectivity index (χ4v) is 2.20. The van der Waals surface area contributed by atoms with Crippen LogP contribution in [0.4, 0.5) is 5.82 Å². The van der Waals surface area contributed by atoms with E-state index in [1.54, 1.807) is 24.4 Å². The van der Waals surface area contributed by atoms with E-state index < -0.39 is 5.97 Å². The number of carboxylic acids is 1. The Bertz CT molecular complexity index is 844. The Morgan fingerprint density at radius 1 is 1.32 bits per heavy atom. The van der Waals surface area contributed by atoms with Gasteiger partial charge in [-0.3, -0.25) is 0 Å². The molecule has 7 nitrogen and oxygen atoms in total. The SMILES string of the molecule is CN(Cc1ccccc1O)c1ccn2ncc(C(=O)O)c2n1. The highest BCUT2D eigenvalue weighted by Gasteiger charge is 2.14. The number of fused-ring (bicyclic) bond motifs is 1. The van der Waals surface area contributed by atoms with Crippen LogP contribution in [0, 0.1) is 0 Å². The molecule has 0 fully saturated rings. The lowest BCUT2D eigenvalue weighted by molar-refractivity contribution is 0.0698. The van der Waals surface area contributed by atoms with Crippen molar-refractivity contribution in [3.05, 3.63) is 53.9 Å². The van der Waals surface area contributed by atoms with Gasteiger partial charge in [0.1, 0.15) is 17.1 Å². The summed E-state index contributed by atoms with van der Waals surface area (Å²) in [6.07, 6.45) is 2.93. The first-order valence-electron chi connectivity index (χ1n) is 6.62. The molecule has 2 aromatic heterocycles. The Hall–Kier alpha value is -3.09. The van der Waals surface area contributed by atoms with Crippen LogP contribution >= 0.6 is 0 Å². The number of phenolic OH excluding ortho intramolecular Hbond substituents is 1. The molecule has 0 aliphatic carbocycles. The highest BCUT2D eigenvalue weighted by atomic mass is 16.4. The molecule has 0 radical (unpaired) electrons. The lowest BCUT2D eigenvalue weighted by Gasteiger charge is -2.18. The summed E-state index contributed by atoms with van der Waals surface area (Å²) in [6, 6.07) is 8.80. The molecule has 0 unspecified atom stereocenters. The highest BCUT2D eigenvalue weighted by molar-refractivity contribution is 5.94.